The number of carbonyl (C=O) groups is 4. The summed E-state index contributed by atoms with van der Waals surface area (Å²) >= 11 is 0. The molecular formula is C47H44N4O4. The number of hydrazone groups is 2. The van der Waals surface area contributed by atoms with Crippen LogP contribution in [0, 0.1) is 0 Å². The summed E-state index contributed by atoms with van der Waals surface area (Å²) in [6.45, 7) is 7.97. The van der Waals surface area contributed by atoms with E-state index in [1.165, 1.54) is 10.0 Å². The molecule has 0 radical (unpaired) electrons. The maximum atomic E-state index is 14.5. The van der Waals surface area contributed by atoms with E-state index in [1.807, 2.05) is 130 Å². The predicted molar refractivity (Wildman–Crippen MR) is 219 cm³/mol. The number of amides is 2. The van der Waals surface area contributed by atoms with E-state index in [4.69, 9.17) is 10.2 Å². The zero-order valence-electron chi connectivity index (χ0n) is 31.8. The summed E-state index contributed by atoms with van der Waals surface area (Å²) < 4.78 is 0. The molecule has 0 atom stereocenters. The first-order valence-electron chi connectivity index (χ1n) is 19.3. The van der Waals surface area contributed by atoms with E-state index in [0.717, 1.165) is 19.3 Å². The number of rotatable bonds is 11. The van der Waals surface area contributed by atoms with E-state index in [0.29, 0.717) is 104 Å². The summed E-state index contributed by atoms with van der Waals surface area (Å²) in [5, 5.41) is 12.7. The van der Waals surface area contributed by atoms with Crippen LogP contribution in [0.25, 0.3) is 0 Å². The van der Waals surface area contributed by atoms with E-state index in [2.05, 4.69) is 6.92 Å². The predicted octanol–water partition coefficient (Wildman–Crippen LogP) is 9.46. The largest absolute Gasteiger partial charge is 0.289 e. The van der Waals surface area contributed by atoms with Crippen LogP contribution >= 0.6 is 0 Å². The van der Waals surface area contributed by atoms with Gasteiger partial charge in [-0.2, -0.15) is 20.2 Å². The number of hydrogen-bond donors (Lipinski definition) is 0. The number of hydrogen-bond acceptors (Lipinski definition) is 6. The molecule has 3 aromatic carbocycles. The number of nitrogens with zero attached hydrogens (tertiary/aromatic N) is 4. The maximum absolute atomic E-state index is 14.5. The normalized spacial score (nSPS) is 18.8. The zero-order chi connectivity index (χ0) is 38.6. The van der Waals surface area contributed by atoms with Gasteiger partial charge >= 0.3 is 0 Å². The number of Topliss-reactive ketones (excluding diaryl/α,β-unsaturated/α-hetero) is 2. The minimum Gasteiger partial charge on any atom is -0.289 e. The van der Waals surface area contributed by atoms with Crippen molar-refractivity contribution in [1.82, 2.24) is 0 Å². The van der Waals surface area contributed by atoms with Gasteiger partial charge in [0.05, 0.1) is 22.5 Å². The summed E-state index contributed by atoms with van der Waals surface area (Å²) in [4.78, 5) is 55.5. The minimum atomic E-state index is -0.300. The molecule has 8 nitrogen and oxygen atoms in total. The van der Waals surface area contributed by atoms with E-state index < -0.39 is 0 Å². The number of allylic oxidation sites excluding steroid dienone is 10. The fourth-order valence-electron chi connectivity index (χ4n) is 7.37. The quantitative estimate of drug-likeness (QED) is 0.145. The molecule has 0 unspecified atom stereocenters. The molecule has 2 aliphatic heterocycles. The van der Waals surface area contributed by atoms with Crippen LogP contribution in [0.5, 0.6) is 0 Å². The molecule has 4 aliphatic rings. The van der Waals surface area contributed by atoms with Crippen LogP contribution in [0.15, 0.2) is 164 Å². The third-order valence-electron chi connectivity index (χ3n) is 10.4. The molecule has 7 rings (SSSR count). The number of carbonyl (C=O) groups excluding carboxylic acids is 4. The van der Waals surface area contributed by atoms with Crippen LogP contribution in [0.3, 0.4) is 0 Å². The molecular weight excluding hydrogens is 685 g/mol. The first-order valence-corrected chi connectivity index (χ1v) is 19.3. The van der Waals surface area contributed by atoms with Crippen molar-refractivity contribution >= 4 is 46.2 Å². The van der Waals surface area contributed by atoms with Crippen LogP contribution in [0.2, 0.25) is 0 Å². The van der Waals surface area contributed by atoms with Gasteiger partial charge in [0.1, 0.15) is 11.4 Å². The van der Waals surface area contributed by atoms with E-state index in [9.17, 15) is 19.2 Å². The van der Waals surface area contributed by atoms with Gasteiger partial charge in [0.15, 0.2) is 11.6 Å². The van der Waals surface area contributed by atoms with Gasteiger partial charge in [-0.15, -0.1) is 0 Å². The standard InChI is InChI=1S/C47H44N4O4/c1-5-9-12-18-35-29-37(27-32(8-4)45(35)53)41-43(49-51(47(41)55)39-23-15-11-16-24-39)34-20-17-19-33(28-34)42-40(36-25-30(6-2)44(52)31(7-3)26-36)46(54)50(48-42)38-21-13-10-14-22-38/h10-11,13-17,19-29H,5-9,12,18H2,1-4H3. The molecule has 2 heterocycles. The molecule has 8 heteroatoms. The molecule has 0 bridgehead atoms. The molecule has 0 spiro atoms. The Balaban J connectivity index is 1.41. The average molecular weight is 729 g/mol. The number of benzene rings is 3. The molecule has 276 valence electrons. The zero-order valence-corrected chi connectivity index (χ0v) is 31.8. The second-order valence-corrected chi connectivity index (χ2v) is 13.9. The average Bonchev–Trinajstić information content (AvgIpc) is 3.76. The van der Waals surface area contributed by atoms with Crippen molar-refractivity contribution in [2.45, 2.75) is 72.6 Å². The number of ketones is 2. The monoisotopic (exact) mass is 728 g/mol. The Labute approximate surface area is 322 Å². The first kappa shape index (κ1) is 37.1. The maximum Gasteiger partial charge on any atom is 0.281 e. The van der Waals surface area contributed by atoms with E-state index >= 15 is 0 Å². The van der Waals surface area contributed by atoms with Gasteiger partial charge in [0.25, 0.3) is 11.8 Å². The van der Waals surface area contributed by atoms with Crippen molar-refractivity contribution in [1.29, 1.82) is 0 Å². The Morgan fingerprint density at radius 2 is 0.909 bits per heavy atom. The highest BCUT2D eigenvalue weighted by molar-refractivity contribution is 6.39. The molecule has 0 aromatic heterocycles. The lowest BCUT2D eigenvalue weighted by molar-refractivity contribution is -0.115. The van der Waals surface area contributed by atoms with Crippen molar-refractivity contribution in [3.63, 3.8) is 0 Å². The van der Waals surface area contributed by atoms with Crippen molar-refractivity contribution in [3.8, 4) is 0 Å². The topological polar surface area (TPSA) is 99.5 Å². The Bertz CT molecular complexity index is 2330. The smallest absolute Gasteiger partial charge is 0.281 e. The molecule has 0 saturated carbocycles. The van der Waals surface area contributed by atoms with Gasteiger partial charge in [0.2, 0.25) is 0 Å². The molecule has 0 fully saturated rings. The van der Waals surface area contributed by atoms with Crippen LogP contribution in [0.1, 0.15) is 83.8 Å². The number of anilines is 2. The third-order valence-corrected chi connectivity index (χ3v) is 10.4. The highest BCUT2D eigenvalue weighted by atomic mass is 16.2. The molecule has 0 saturated heterocycles. The van der Waals surface area contributed by atoms with Crippen LogP contribution in [-0.4, -0.2) is 34.8 Å². The molecule has 2 amide bonds. The lowest BCUT2D eigenvalue weighted by Crippen LogP contribution is -2.23. The second-order valence-electron chi connectivity index (χ2n) is 13.9. The fraction of sp³-hybridized carbons (Fsp3) is 0.234. The fourth-order valence-corrected chi connectivity index (χ4v) is 7.37. The molecule has 0 N–H and O–H groups in total. The van der Waals surface area contributed by atoms with Gasteiger partial charge in [-0.3, -0.25) is 19.2 Å². The van der Waals surface area contributed by atoms with Crippen molar-refractivity contribution in [2.24, 2.45) is 10.2 Å². The van der Waals surface area contributed by atoms with Crippen LogP contribution < -0.4 is 10.0 Å². The Kier molecular flexibility index (Phi) is 10.8. The Morgan fingerprint density at radius 1 is 0.491 bits per heavy atom. The summed E-state index contributed by atoms with van der Waals surface area (Å²) in [5.41, 5.74) is 8.19. The number of para-hydroxylation sites is 2. The van der Waals surface area contributed by atoms with E-state index in [1.54, 1.807) is 0 Å². The van der Waals surface area contributed by atoms with Gasteiger partial charge in [0, 0.05) is 33.4 Å². The third kappa shape index (κ3) is 7.08. The summed E-state index contributed by atoms with van der Waals surface area (Å²) in [7, 11) is 0. The lowest BCUT2D eigenvalue weighted by Gasteiger charge is -2.17. The summed E-state index contributed by atoms with van der Waals surface area (Å²) in [5.74, 6) is -0.559. The summed E-state index contributed by atoms with van der Waals surface area (Å²) in [6, 6.07) is 26.1. The Morgan fingerprint density at radius 3 is 1.33 bits per heavy atom. The van der Waals surface area contributed by atoms with E-state index in [-0.39, 0.29) is 23.4 Å². The van der Waals surface area contributed by atoms with Crippen molar-refractivity contribution in [2.75, 3.05) is 10.0 Å². The molecule has 3 aromatic rings. The van der Waals surface area contributed by atoms with Gasteiger partial charge in [-0.25, -0.2) is 0 Å². The lowest BCUT2D eigenvalue weighted by atomic mass is 9.85. The first-order chi connectivity index (χ1) is 26.8. The summed E-state index contributed by atoms with van der Waals surface area (Å²) in [6.07, 6.45) is 12.5. The highest BCUT2D eigenvalue weighted by Gasteiger charge is 2.38. The number of unbranched alkanes of at least 4 members (excludes halogenated alkanes) is 2. The van der Waals surface area contributed by atoms with Gasteiger partial charge in [-0.1, -0.05) is 95.1 Å². The second kappa shape index (κ2) is 16.0. The van der Waals surface area contributed by atoms with Crippen molar-refractivity contribution < 1.29 is 19.2 Å². The highest BCUT2D eigenvalue weighted by Crippen LogP contribution is 2.36. The molecule has 55 heavy (non-hydrogen) atoms. The minimum absolute atomic E-state index is 0.0000833. The van der Waals surface area contributed by atoms with Crippen molar-refractivity contribution in [3.05, 3.63) is 165 Å². The Hall–Kier alpha value is -6.28. The van der Waals surface area contributed by atoms with Gasteiger partial charge in [-0.05, 0) is 97.9 Å². The van der Waals surface area contributed by atoms with Gasteiger partial charge < -0.3 is 0 Å². The SMILES string of the molecule is CCCCCC1=CC(=C2C(=O)N(c3ccccc3)N=C2c2cccc(C3=NN(c4ccccc4)C(=O)C3=C3C=C(CC)C(=O)C(CC)=C3)c2)C=C(CC)C1=O. The van der Waals surface area contributed by atoms with Crippen LogP contribution in [0.4, 0.5) is 11.4 Å². The molecule has 2 aliphatic carbocycles. The van der Waals surface area contributed by atoms with Crippen LogP contribution in [-0.2, 0) is 19.2 Å².